The predicted molar refractivity (Wildman–Crippen MR) is 80.0 cm³/mol. The van der Waals surface area contributed by atoms with Gasteiger partial charge in [-0.2, -0.15) is 0 Å². The average Bonchev–Trinajstić information content (AvgIpc) is 2.53. The van der Waals surface area contributed by atoms with Gasteiger partial charge < -0.3 is 24.8 Å². The van der Waals surface area contributed by atoms with Crippen molar-refractivity contribution in [3.63, 3.8) is 0 Å². The Hall–Kier alpha value is -1.95. The summed E-state index contributed by atoms with van der Waals surface area (Å²) in [5, 5.41) is 6.08. The number of ether oxygens (including phenoxy) is 3. The van der Waals surface area contributed by atoms with Crippen molar-refractivity contribution >= 4 is 11.6 Å². The number of hydrogen-bond acceptors (Lipinski definition) is 5. The second-order valence-electron chi connectivity index (χ2n) is 4.87. The topological polar surface area (TPSA) is 68.8 Å². The van der Waals surface area contributed by atoms with Crippen molar-refractivity contribution in [1.29, 1.82) is 0 Å². The van der Waals surface area contributed by atoms with Crippen LogP contribution in [0, 0.1) is 0 Å². The summed E-state index contributed by atoms with van der Waals surface area (Å²) in [7, 11) is 3.19. The zero-order valence-corrected chi connectivity index (χ0v) is 12.5. The normalized spacial score (nSPS) is 15.3. The van der Waals surface area contributed by atoms with E-state index in [1.807, 2.05) is 12.1 Å². The van der Waals surface area contributed by atoms with Gasteiger partial charge >= 0.3 is 0 Å². The molecule has 1 heterocycles. The maximum absolute atomic E-state index is 11.9. The second kappa shape index (κ2) is 7.73. The number of methoxy groups -OCH3 is 2. The molecule has 0 spiro atoms. The Bertz CT molecular complexity index is 473. The molecule has 0 unspecified atom stereocenters. The Morgan fingerprint density at radius 2 is 2.05 bits per heavy atom. The summed E-state index contributed by atoms with van der Waals surface area (Å²) < 4.78 is 15.7. The van der Waals surface area contributed by atoms with Crippen LogP contribution in [0.4, 0.5) is 5.69 Å². The van der Waals surface area contributed by atoms with Crippen molar-refractivity contribution < 1.29 is 19.0 Å². The van der Waals surface area contributed by atoms with E-state index in [-0.39, 0.29) is 18.5 Å². The zero-order valence-electron chi connectivity index (χ0n) is 12.5. The number of carbonyl (C=O) groups is 1. The van der Waals surface area contributed by atoms with Crippen molar-refractivity contribution in [1.82, 2.24) is 5.32 Å². The molecule has 1 aliphatic heterocycles. The van der Waals surface area contributed by atoms with Crippen molar-refractivity contribution in [2.45, 2.75) is 18.9 Å². The predicted octanol–water partition coefficient (Wildman–Crippen LogP) is 1.41. The summed E-state index contributed by atoms with van der Waals surface area (Å²) in [6, 6.07) is 5.64. The minimum absolute atomic E-state index is 0.0280. The molecule has 0 atom stereocenters. The third-order valence-electron chi connectivity index (χ3n) is 3.43. The maximum Gasteiger partial charge on any atom is 0.239 e. The van der Waals surface area contributed by atoms with E-state index >= 15 is 0 Å². The largest absolute Gasteiger partial charge is 0.497 e. The van der Waals surface area contributed by atoms with Gasteiger partial charge in [0, 0.05) is 25.3 Å². The number of nitrogens with one attached hydrogen (secondary N) is 2. The van der Waals surface area contributed by atoms with E-state index in [0.29, 0.717) is 24.7 Å². The number of benzene rings is 1. The van der Waals surface area contributed by atoms with Crippen LogP contribution >= 0.6 is 0 Å². The summed E-state index contributed by atoms with van der Waals surface area (Å²) in [5.74, 6) is 1.33. The van der Waals surface area contributed by atoms with Crippen molar-refractivity contribution in [3.05, 3.63) is 18.2 Å². The Morgan fingerprint density at radius 1 is 1.29 bits per heavy atom. The minimum Gasteiger partial charge on any atom is -0.497 e. The molecule has 0 saturated carbocycles. The molecule has 1 fully saturated rings. The molecule has 0 bridgehead atoms. The molecule has 6 heteroatoms. The smallest absolute Gasteiger partial charge is 0.239 e. The molecular formula is C15H22N2O4. The van der Waals surface area contributed by atoms with Crippen LogP contribution in [0.25, 0.3) is 0 Å². The lowest BCUT2D eigenvalue weighted by molar-refractivity contribution is -0.120. The Labute approximate surface area is 124 Å². The van der Waals surface area contributed by atoms with Crippen LogP contribution in [-0.4, -0.2) is 45.9 Å². The molecule has 2 rings (SSSR count). The Kier molecular flexibility index (Phi) is 5.68. The van der Waals surface area contributed by atoms with Gasteiger partial charge in [0.15, 0.2) is 0 Å². The van der Waals surface area contributed by atoms with Crippen LogP contribution in [0.15, 0.2) is 18.2 Å². The zero-order chi connectivity index (χ0) is 15.1. The van der Waals surface area contributed by atoms with Gasteiger partial charge in [-0.3, -0.25) is 4.79 Å². The fourth-order valence-electron chi connectivity index (χ4n) is 2.24. The highest BCUT2D eigenvalue weighted by Crippen LogP contribution is 2.28. The molecule has 0 aromatic heterocycles. The van der Waals surface area contributed by atoms with E-state index in [1.165, 1.54) is 0 Å². The molecule has 1 saturated heterocycles. The molecule has 0 aliphatic carbocycles. The lowest BCUT2D eigenvalue weighted by Crippen LogP contribution is -2.41. The van der Waals surface area contributed by atoms with E-state index < -0.39 is 0 Å². The highest BCUT2D eigenvalue weighted by atomic mass is 16.5. The van der Waals surface area contributed by atoms with Gasteiger partial charge in [-0.05, 0) is 25.0 Å². The van der Waals surface area contributed by atoms with Gasteiger partial charge in [-0.1, -0.05) is 0 Å². The first-order chi connectivity index (χ1) is 10.2. The second-order valence-corrected chi connectivity index (χ2v) is 4.87. The monoisotopic (exact) mass is 294 g/mol. The summed E-state index contributed by atoms with van der Waals surface area (Å²) in [6.07, 6.45) is 1.75. The summed E-state index contributed by atoms with van der Waals surface area (Å²) in [4.78, 5) is 11.9. The van der Waals surface area contributed by atoms with E-state index in [2.05, 4.69) is 10.6 Å². The first-order valence-electron chi connectivity index (χ1n) is 7.06. The number of anilines is 1. The molecule has 21 heavy (non-hydrogen) atoms. The average molecular weight is 294 g/mol. The SMILES string of the molecule is COc1ccc(NCC(=O)NC2CCOCC2)c(OC)c1. The van der Waals surface area contributed by atoms with Gasteiger partial charge in [0.05, 0.1) is 26.5 Å². The molecule has 6 nitrogen and oxygen atoms in total. The van der Waals surface area contributed by atoms with Gasteiger partial charge in [0.2, 0.25) is 5.91 Å². The first kappa shape index (κ1) is 15.4. The van der Waals surface area contributed by atoms with Crippen molar-refractivity contribution in [2.75, 3.05) is 39.3 Å². The Morgan fingerprint density at radius 3 is 2.71 bits per heavy atom. The third-order valence-corrected chi connectivity index (χ3v) is 3.43. The highest BCUT2D eigenvalue weighted by molar-refractivity contribution is 5.81. The number of carbonyl (C=O) groups excluding carboxylic acids is 1. The third kappa shape index (κ3) is 4.53. The fraction of sp³-hybridized carbons (Fsp3) is 0.533. The van der Waals surface area contributed by atoms with Crippen LogP contribution < -0.4 is 20.1 Å². The number of amides is 1. The van der Waals surface area contributed by atoms with Crippen molar-refractivity contribution in [2.24, 2.45) is 0 Å². The maximum atomic E-state index is 11.9. The first-order valence-corrected chi connectivity index (χ1v) is 7.06. The molecule has 1 aromatic carbocycles. The lowest BCUT2D eigenvalue weighted by Gasteiger charge is -2.23. The van der Waals surface area contributed by atoms with E-state index in [4.69, 9.17) is 14.2 Å². The Balaban J connectivity index is 1.85. The van der Waals surface area contributed by atoms with Gasteiger partial charge in [-0.15, -0.1) is 0 Å². The van der Waals surface area contributed by atoms with Crippen LogP contribution in [0.5, 0.6) is 11.5 Å². The van der Waals surface area contributed by atoms with Crippen LogP contribution in [0.3, 0.4) is 0 Å². The van der Waals surface area contributed by atoms with E-state index in [0.717, 1.165) is 18.5 Å². The van der Waals surface area contributed by atoms with Gasteiger partial charge in [-0.25, -0.2) is 0 Å². The van der Waals surface area contributed by atoms with Crippen LogP contribution in [0.1, 0.15) is 12.8 Å². The summed E-state index contributed by atoms with van der Waals surface area (Å²) >= 11 is 0. The number of rotatable bonds is 6. The van der Waals surface area contributed by atoms with Crippen LogP contribution in [-0.2, 0) is 9.53 Å². The molecule has 0 radical (unpaired) electrons. The summed E-state index contributed by atoms with van der Waals surface area (Å²) in [5.41, 5.74) is 0.764. The molecular weight excluding hydrogens is 272 g/mol. The number of hydrogen-bond donors (Lipinski definition) is 2. The van der Waals surface area contributed by atoms with Gasteiger partial charge in [0.25, 0.3) is 0 Å². The highest BCUT2D eigenvalue weighted by Gasteiger charge is 2.16. The molecule has 2 N–H and O–H groups in total. The van der Waals surface area contributed by atoms with Gasteiger partial charge in [0.1, 0.15) is 11.5 Å². The fourth-order valence-corrected chi connectivity index (χ4v) is 2.24. The molecule has 1 aromatic rings. The van der Waals surface area contributed by atoms with E-state index in [9.17, 15) is 4.79 Å². The lowest BCUT2D eigenvalue weighted by atomic mass is 10.1. The van der Waals surface area contributed by atoms with E-state index in [1.54, 1.807) is 20.3 Å². The van der Waals surface area contributed by atoms with Crippen LogP contribution in [0.2, 0.25) is 0 Å². The van der Waals surface area contributed by atoms with Crippen molar-refractivity contribution in [3.8, 4) is 11.5 Å². The quantitative estimate of drug-likeness (QED) is 0.830. The standard InChI is InChI=1S/C15H22N2O4/c1-19-12-3-4-13(14(9-12)20-2)16-10-15(18)17-11-5-7-21-8-6-11/h3-4,9,11,16H,5-8,10H2,1-2H3,(H,17,18). The minimum atomic E-state index is -0.0280. The molecule has 1 amide bonds. The summed E-state index contributed by atoms with van der Waals surface area (Å²) in [6.45, 7) is 1.63. The molecule has 116 valence electrons. The molecule has 1 aliphatic rings.